The van der Waals surface area contributed by atoms with Crippen LogP contribution in [0.1, 0.15) is 69.1 Å². The molecular formula is C34H43N3O4S. The molecule has 2 amide bonds. The first kappa shape index (κ1) is 31.3. The molecule has 7 nitrogen and oxygen atoms in total. The van der Waals surface area contributed by atoms with E-state index in [9.17, 15) is 18.0 Å². The highest BCUT2D eigenvalue weighted by atomic mass is 32.2. The molecule has 0 spiro atoms. The second-order valence-corrected chi connectivity index (χ2v) is 12.9. The molecule has 1 saturated carbocycles. The molecule has 1 N–H and O–H groups in total. The Bertz CT molecular complexity index is 1450. The van der Waals surface area contributed by atoms with Crippen LogP contribution in [0.15, 0.2) is 83.8 Å². The molecule has 42 heavy (non-hydrogen) atoms. The average molecular weight is 590 g/mol. The Morgan fingerprint density at radius 2 is 1.48 bits per heavy atom. The zero-order chi connectivity index (χ0) is 30.1. The quantitative estimate of drug-likeness (QED) is 0.280. The Balaban J connectivity index is 1.73. The van der Waals surface area contributed by atoms with Gasteiger partial charge in [0.15, 0.2) is 0 Å². The molecule has 0 bridgehead atoms. The molecule has 0 unspecified atom stereocenters. The van der Waals surface area contributed by atoms with E-state index >= 15 is 0 Å². The van der Waals surface area contributed by atoms with E-state index < -0.39 is 28.5 Å². The average Bonchev–Trinajstić information content (AvgIpc) is 3.01. The Kier molecular flexibility index (Phi) is 10.8. The fraction of sp³-hybridized carbons (Fsp3) is 0.412. The van der Waals surface area contributed by atoms with Crippen molar-refractivity contribution in [2.24, 2.45) is 0 Å². The Hall–Kier alpha value is -3.65. The standard InChI is InChI=1S/C34H43N3O4S/c1-4-27-17-14-15-23-32(27)37(42(40,41)30-21-10-7-11-22-30)25-33(38)36(24-28-18-13-12-16-26(28)3)31(5-2)34(39)35-29-19-8-6-9-20-29/h7,10-18,21-23,29,31H,4-6,8-9,19-20,24-25H2,1-3H3,(H,35,39)/t31-/m0/s1. The Labute approximate surface area is 251 Å². The molecule has 8 heteroatoms. The lowest BCUT2D eigenvalue weighted by Crippen LogP contribution is -2.54. The molecule has 3 aromatic carbocycles. The SMILES string of the molecule is CCc1ccccc1N(CC(=O)N(Cc1ccccc1C)[C@@H](CC)C(=O)NC1CCCCC1)S(=O)(=O)c1ccccc1. The highest BCUT2D eigenvalue weighted by Gasteiger charge is 2.35. The van der Waals surface area contributed by atoms with Crippen molar-refractivity contribution in [1.82, 2.24) is 10.2 Å². The van der Waals surface area contributed by atoms with Gasteiger partial charge in [-0.05, 0) is 67.5 Å². The van der Waals surface area contributed by atoms with Crippen LogP contribution in [0.3, 0.4) is 0 Å². The number of benzene rings is 3. The predicted molar refractivity (Wildman–Crippen MR) is 168 cm³/mol. The minimum absolute atomic E-state index is 0.0992. The number of para-hydroxylation sites is 1. The topological polar surface area (TPSA) is 86.8 Å². The van der Waals surface area contributed by atoms with E-state index in [1.54, 1.807) is 47.4 Å². The third-order valence-corrected chi connectivity index (χ3v) is 9.96. The maximum Gasteiger partial charge on any atom is 0.264 e. The third-order valence-electron chi connectivity index (χ3n) is 8.19. The normalized spacial score (nSPS) is 14.6. The molecule has 1 fully saturated rings. The maximum atomic E-state index is 14.4. The van der Waals surface area contributed by atoms with Crippen LogP contribution in [0.25, 0.3) is 0 Å². The molecule has 0 aliphatic heterocycles. The van der Waals surface area contributed by atoms with Crippen molar-refractivity contribution in [1.29, 1.82) is 0 Å². The first-order valence-electron chi connectivity index (χ1n) is 15.1. The van der Waals surface area contributed by atoms with Crippen LogP contribution in [0.5, 0.6) is 0 Å². The van der Waals surface area contributed by atoms with Gasteiger partial charge >= 0.3 is 0 Å². The molecule has 4 rings (SSSR count). The van der Waals surface area contributed by atoms with Crippen LogP contribution in [-0.2, 0) is 32.6 Å². The van der Waals surface area contributed by atoms with Gasteiger partial charge in [-0.2, -0.15) is 0 Å². The number of carbonyl (C=O) groups excluding carboxylic acids is 2. The van der Waals surface area contributed by atoms with Gasteiger partial charge in [0.2, 0.25) is 11.8 Å². The molecule has 0 aromatic heterocycles. The van der Waals surface area contributed by atoms with Gasteiger partial charge in [0.05, 0.1) is 10.6 Å². The summed E-state index contributed by atoms with van der Waals surface area (Å²) in [5.74, 6) is -0.605. The number of rotatable bonds is 12. The minimum atomic E-state index is -4.09. The number of aryl methyl sites for hydroxylation is 2. The summed E-state index contributed by atoms with van der Waals surface area (Å²) in [4.78, 5) is 29.7. The summed E-state index contributed by atoms with van der Waals surface area (Å²) < 4.78 is 29.4. The summed E-state index contributed by atoms with van der Waals surface area (Å²) in [6.07, 6.45) is 6.21. The number of amides is 2. The van der Waals surface area contributed by atoms with Crippen LogP contribution in [0.2, 0.25) is 0 Å². The van der Waals surface area contributed by atoms with Crippen molar-refractivity contribution in [3.8, 4) is 0 Å². The van der Waals surface area contributed by atoms with E-state index in [1.807, 2.05) is 57.2 Å². The van der Waals surface area contributed by atoms with Gasteiger partial charge in [-0.15, -0.1) is 0 Å². The molecule has 0 heterocycles. The molecule has 1 aliphatic rings. The lowest BCUT2D eigenvalue weighted by atomic mass is 9.95. The van der Waals surface area contributed by atoms with Gasteiger partial charge < -0.3 is 10.2 Å². The fourth-order valence-electron chi connectivity index (χ4n) is 5.72. The second kappa shape index (κ2) is 14.5. The summed E-state index contributed by atoms with van der Waals surface area (Å²) in [6.45, 7) is 5.62. The third kappa shape index (κ3) is 7.40. The summed E-state index contributed by atoms with van der Waals surface area (Å²) in [7, 11) is -4.09. The van der Waals surface area contributed by atoms with Crippen molar-refractivity contribution < 1.29 is 18.0 Å². The zero-order valence-electron chi connectivity index (χ0n) is 25.0. The van der Waals surface area contributed by atoms with Gasteiger partial charge in [-0.1, -0.05) is 93.8 Å². The first-order chi connectivity index (χ1) is 20.3. The van der Waals surface area contributed by atoms with Crippen LogP contribution >= 0.6 is 0 Å². The number of anilines is 1. The van der Waals surface area contributed by atoms with Crippen LogP contribution < -0.4 is 9.62 Å². The van der Waals surface area contributed by atoms with Crippen LogP contribution in [0, 0.1) is 6.92 Å². The van der Waals surface area contributed by atoms with Crippen LogP contribution in [-0.4, -0.2) is 43.8 Å². The molecule has 3 aromatic rings. The number of nitrogens with one attached hydrogen (secondary N) is 1. The molecule has 0 radical (unpaired) electrons. The predicted octanol–water partition coefficient (Wildman–Crippen LogP) is 6.01. The monoisotopic (exact) mass is 589 g/mol. The highest BCUT2D eigenvalue weighted by molar-refractivity contribution is 7.92. The molecular weight excluding hydrogens is 546 g/mol. The molecule has 224 valence electrons. The summed E-state index contributed by atoms with van der Waals surface area (Å²) in [5.41, 5.74) is 3.20. The van der Waals surface area contributed by atoms with E-state index in [-0.39, 0.29) is 23.4 Å². The van der Waals surface area contributed by atoms with E-state index in [1.165, 1.54) is 10.7 Å². The number of hydrogen-bond acceptors (Lipinski definition) is 4. The highest BCUT2D eigenvalue weighted by Crippen LogP contribution is 2.28. The lowest BCUT2D eigenvalue weighted by molar-refractivity contribution is -0.140. The van der Waals surface area contributed by atoms with Gasteiger partial charge in [-0.3, -0.25) is 13.9 Å². The summed E-state index contributed by atoms with van der Waals surface area (Å²) in [6, 6.07) is 22.6. The molecule has 1 atom stereocenters. The molecule has 1 aliphatic carbocycles. The van der Waals surface area contributed by atoms with Crippen molar-refractivity contribution >= 4 is 27.5 Å². The van der Waals surface area contributed by atoms with E-state index in [0.717, 1.165) is 42.4 Å². The van der Waals surface area contributed by atoms with Gasteiger partial charge in [-0.25, -0.2) is 8.42 Å². The van der Waals surface area contributed by atoms with Crippen molar-refractivity contribution in [3.63, 3.8) is 0 Å². The smallest absolute Gasteiger partial charge is 0.264 e. The van der Waals surface area contributed by atoms with Gasteiger partial charge in [0, 0.05) is 12.6 Å². The Morgan fingerprint density at radius 1 is 0.857 bits per heavy atom. The van der Waals surface area contributed by atoms with Crippen molar-refractivity contribution in [3.05, 3.63) is 95.6 Å². The van der Waals surface area contributed by atoms with Crippen LogP contribution in [0.4, 0.5) is 5.69 Å². The first-order valence-corrected chi connectivity index (χ1v) is 16.5. The number of hydrogen-bond donors (Lipinski definition) is 1. The Morgan fingerprint density at radius 3 is 2.12 bits per heavy atom. The summed E-state index contributed by atoms with van der Waals surface area (Å²) in [5, 5.41) is 3.20. The number of carbonyl (C=O) groups is 2. The fourth-order valence-corrected chi connectivity index (χ4v) is 7.19. The van der Waals surface area contributed by atoms with E-state index in [2.05, 4.69) is 5.32 Å². The number of nitrogens with zero attached hydrogens (tertiary/aromatic N) is 2. The lowest BCUT2D eigenvalue weighted by Gasteiger charge is -2.35. The summed E-state index contributed by atoms with van der Waals surface area (Å²) >= 11 is 0. The minimum Gasteiger partial charge on any atom is -0.352 e. The van der Waals surface area contributed by atoms with Gasteiger partial charge in [0.25, 0.3) is 10.0 Å². The van der Waals surface area contributed by atoms with Crippen molar-refractivity contribution in [2.75, 3.05) is 10.8 Å². The second-order valence-electron chi connectivity index (χ2n) is 11.0. The zero-order valence-corrected chi connectivity index (χ0v) is 25.8. The largest absolute Gasteiger partial charge is 0.352 e. The van der Waals surface area contributed by atoms with E-state index in [4.69, 9.17) is 0 Å². The maximum absolute atomic E-state index is 14.4. The number of sulfonamides is 1. The van der Waals surface area contributed by atoms with Crippen molar-refractivity contribution in [2.45, 2.75) is 89.2 Å². The van der Waals surface area contributed by atoms with Gasteiger partial charge in [0.1, 0.15) is 12.6 Å². The molecule has 0 saturated heterocycles. The van der Waals surface area contributed by atoms with E-state index in [0.29, 0.717) is 18.5 Å².